The van der Waals surface area contributed by atoms with Crippen LogP contribution >= 0.6 is 0 Å². The molecule has 0 aliphatic rings. The number of nitrogens with zero attached hydrogens (tertiary/aromatic N) is 1. The first kappa shape index (κ1) is 15.9. The highest BCUT2D eigenvalue weighted by Gasteiger charge is 2.29. The predicted octanol–water partition coefficient (Wildman–Crippen LogP) is 1.89. The van der Waals surface area contributed by atoms with E-state index in [9.17, 15) is 8.42 Å². The zero-order valence-corrected chi connectivity index (χ0v) is 13.3. The van der Waals surface area contributed by atoms with Crippen LogP contribution in [0.25, 0.3) is 10.8 Å². The van der Waals surface area contributed by atoms with E-state index < -0.39 is 10.0 Å². The van der Waals surface area contributed by atoms with Gasteiger partial charge in [-0.3, -0.25) is 4.98 Å². The Morgan fingerprint density at radius 1 is 1.29 bits per heavy atom. The van der Waals surface area contributed by atoms with Crippen molar-refractivity contribution in [3.63, 3.8) is 0 Å². The van der Waals surface area contributed by atoms with Crippen molar-refractivity contribution in [2.24, 2.45) is 11.1 Å². The molecule has 2 aromatic rings. The van der Waals surface area contributed by atoms with Crippen LogP contribution in [-0.2, 0) is 10.0 Å². The Morgan fingerprint density at radius 3 is 2.62 bits per heavy atom. The SMILES string of the molecule is CC(C)(C)C(CN)NS(=O)(=O)c1cccc2cnccc12. The topological polar surface area (TPSA) is 85.1 Å². The summed E-state index contributed by atoms with van der Waals surface area (Å²) in [5, 5.41) is 1.45. The molecule has 3 N–H and O–H groups in total. The maximum atomic E-state index is 12.7. The number of nitrogens with two attached hydrogens (primary N) is 1. The number of pyridine rings is 1. The second-order valence-electron chi connectivity index (χ2n) is 6.13. The molecule has 0 aliphatic carbocycles. The van der Waals surface area contributed by atoms with Crippen LogP contribution in [0.5, 0.6) is 0 Å². The molecule has 21 heavy (non-hydrogen) atoms. The Balaban J connectivity index is 2.48. The second-order valence-corrected chi connectivity index (χ2v) is 7.81. The third-order valence-corrected chi connectivity index (χ3v) is 5.04. The van der Waals surface area contributed by atoms with Gasteiger partial charge in [0.25, 0.3) is 0 Å². The summed E-state index contributed by atoms with van der Waals surface area (Å²) < 4.78 is 28.1. The van der Waals surface area contributed by atoms with Gasteiger partial charge < -0.3 is 5.73 Å². The molecule has 0 aliphatic heterocycles. The van der Waals surface area contributed by atoms with Gasteiger partial charge in [0.1, 0.15) is 0 Å². The highest BCUT2D eigenvalue weighted by molar-refractivity contribution is 7.89. The Kier molecular flexibility index (Phi) is 4.32. The van der Waals surface area contributed by atoms with E-state index in [2.05, 4.69) is 9.71 Å². The van der Waals surface area contributed by atoms with E-state index in [1.54, 1.807) is 30.6 Å². The van der Waals surface area contributed by atoms with Crippen molar-refractivity contribution in [3.05, 3.63) is 36.7 Å². The van der Waals surface area contributed by atoms with E-state index in [4.69, 9.17) is 5.73 Å². The highest BCUT2D eigenvalue weighted by Crippen LogP contribution is 2.25. The number of benzene rings is 1. The Bertz CT molecular complexity index is 731. The minimum atomic E-state index is -3.64. The lowest BCUT2D eigenvalue weighted by molar-refractivity contribution is 0.304. The summed E-state index contributed by atoms with van der Waals surface area (Å²) in [6, 6.07) is 6.53. The van der Waals surface area contributed by atoms with Gasteiger partial charge >= 0.3 is 0 Å². The standard InChI is InChI=1S/C15H21N3O2S/c1-15(2,3)14(9-16)18-21(19,20)13-6-4-5-11-10-17-8-7-12(11)13/h4-8,10,14,18H,9,16H2,1-3H3. The number of aromatic nitrogens is 1. The van der Waals surface area contributed by atoms with E-state index in [1.165, 1.54) is 0 Å². The van der Waals surface area contributed by atoms with Crippen molar-refractivity contribution in [2.75, 3.05) is 6.54 Å². The number of sulfonamides is 1. The number of hydrogen-bond donors (Lipinski definition) is 2. The zero-order chi connectivity index (χ0) is 15.7. The molecular weight excluding hydrogens is 286 g/mol. The summed E-state index contributed by atoms with van der Waals surface area (Å²) in [7, 11) is -3.64. The number of fused-ring (bicyclic) bond motifs is 1. The average molecular weight is 307 g/mol. The smallest absolute Gasteiger partial charge is 0.241 e. The van der Waals surface area contributed by atoms with Crippen LogP contribution < -0.4 is 10.5 Å². The fourth-order valence-electron chi connectivity index (χ4n) is 2.16. The lowest BCUT2D eigenvalue weighted by Gasteiger charge is -2.30. The van der Waals surface area contributed by atoms with E-state index >= 15 is 0 Å². The molecule has 0 spiro atoms. The molecule has 1 heterocycles. The predicted molar refractivity (Wildman–Crippen MR) is 84.4 cm³/mol. The van der Waals surface area contributed by atoms with Crippen LogP contribution in [-0.4, -0.2) is 26.0 Å². The van der Waals surface area contributed by atoms with E-state index in [0.717, 1.165) is 5.39 Å². The van der Waals surface area contributed by atoms with Crippen LogP contribution in [0.1, 0.15) is 20.8 Å². The lowest BCUT2D eigenvalue weighted by atomic mass is 9.88. The van der Waals surface area contributed by atoms with Crippen LogP contribution in [0.2, 0.25) is 0 Å². The van der Waals surface area contributed by atoms with Crippen molar-refractivity contribution in [3.8, 4) is 0 Å². The maximum absolute atomic E-state index is 12.7. The molecule has 0 saturated heterocycles. The van der Waals surface area contributed by atoms with Crippen LogP contribution in [0.4, 0.5) is 0 Å². The molecule has 5 nitrogen and oxygen atoms in total. The molecule has 6 heteroatoms. The molecule has 1 atom stereocenters. The van der Waals surface area contributed by atoms with Crippen molar-refractivity contribution < 1.29 is 8.42 Å². The van der Waals surface area contributed by atoms with E-state index in [-0.39, 0.29) is 22.9 Å². The summed E-state index contributed by atoms with van der Waals surface area (Å²) in [6.07, 6.45) is 3.24. The van der Waals surface area contributed by atoms with Gasteiger partial charge in [0, 0.05) is 35.8 Å². The molecular formula is C15H21N3O2S. The maximum Gasteiger partial charge on any atom is 0.241 e. The number of hydrogen-bond acceptors (Lipinski definition) is 4. The van der Waals surface area contributed by atoms with E-state index in [1.807, 2.05) is 26.8 Å². The summed E-state index contributed by atoms with van der Waals surface area (Å²) in [4.78, 5) is 4.27. The average Bonchev–Trinajstić information content (AvgIpc) is 2.43. The van der Waals surface area contributed by atoms with Gasteiger partial charge in [-0.15, -0.1) is 0 Å². The molecule has 0 fully saturated rings. The van der Waals surface area contributed by atoms with Crippen molar-refractivity contribution in [2.45, 2.75) is 31.7 Å². The molecule has 2 rings (SSSR count). The van der Waals surface area contributed by atoms with Gasteiger partial charge in [0.15, 0.2) is 0 Å². The van der Waals surface area contributed by atoms with Crippen LogP contribution in [0, 0.1) is 5.41 Å². The summed E-state index contributed by atoms with van der Waals surface area (Å²) in [6.45, 7) is 6.12. The number of nitrogens with one attached hydrogen (secondary N) is 1. The quantitative estimate of drug-likeness (QED) is 0.903. The third-order valence-electron chi connectivity index (χ3n) is 3.51. The Hall–Kier alpha value is -1.50. The van der Waals surface area contributed by atoms with Crippen LogP contribution in [0.15, 0.2) is 41.6 Å². The first-order chi connectivity index (χ1) is 9.75. The lowest BCUT2D eigenvalue weighted by Crippen LogP contribution is -2.48. The van der Waals surface area contributed by atoms with Crippen molar-refractivity contribution in [1.29, 1.82) is 0 Å². The van der Waals surface area contributed by atoms with Gasteiger partial charge in [-0.1, -0.05) is 32.9 Å². The fraction of sp³-hybridized carbons (Fsp3) is 0.400. The fourth-order valence-corrected chi connectivity index (χ4v) is 3.84. The minimum absolute atomic E-state index is 0.245. The zero-order valence-electron chi connectivity index (χ0n) is 12.5. The summed E-state index contributed by atoms with van der Waals surface area (Å²) in [5.41, 5.74) is 5.46. The van der Waals surface area contributed by atoms with E-state index in [0.29, 0.717) is 5.39 Å². The van der Waals surface area contributed by atoms with Crippen molar-refractivity contribution >= 4 is 20.8 Å². The second kappa shape index (κ2) is 5.71. The van der Waals surface area contributed by atoms with Gasteiger partial charge in [-0.05, 0) is 17.5 Å². The molecule has 0 saturated carbocycles. The Labute approximate surface area is 125 Å². The van der Waals surface area contributed by atoms with Gasteiger partial charge in [-0.2, -0.15) is 0 Å². The first-order valence-corrected chi connectivity index (χ1v) is 8.29. The molecule has 114 valence electrons. The normalized spacial score (nSPS) is 14.3. The monoisotopic (exact) mass is 307 g/mol. The van der Waals surface area contributed by atoms with Crippen LogP contribution in [0.3, 0.4) is 0 Å². The third kappa shape index (κ3) is 3.40. The molecule has 1 aromatic heterocycles. The van der Waals surface area contributed by atoms with Gasteiger partial charge in [0.2, 0.25) is 10.0 Å². The first-order valence-electron chi connectivity index (χ1n) is 6.81. The molecule has 1 unspecified atom stereocenters. The minimum Gasteiger partial charge on any atom is -0.329 e. The Morgan fingerprint density at radius 2 is 2.00 bits per heavy atom. The molecule has 0 bridgehead atoms. The van der Waals surface area contributed by atoms with Crippen molar-refractivity contribution in [1.82, 2.24) is 9.71 Å². The summed E-state index contributed by atoms with van der Waals surface area (Å²) >= 11 is 0. The number of rotatable bonds is 4. The molecule has 0 radical (unpaired) electrons. The molecule has 1 aromatic carbocycles. The molecule has 0 amide bonds. The van der Waals surface area contributed by atoms with Gasteiger partial charge in [-0.25, -0.2) is 13.1 Å². The highest BCUT2D eigenvalue weighted by atomic mass is 32.2. The summed E-state index contributed by atoms with van der Waals surface area (Å²) in [5.74, 6) is 0. The van der Waals surface area contributed by atoms with Gasteiger partial charge in [0.05, 0.1) is 4.90 Å². The largest absolute Gasteiger partial charge is 0.329 e.